The fourth-order valence-corrected chi connectivity index (χ4v) is 2.32. The van der Waals surface area contributed by atoms with Crippen LogP contribution < -0.4 is 4.74 Å². The number of carbonyl (C=O) groups is 1. The number of alkyl halides is 3. The predicted molar refractivity (Wildman–Crippen MR) is 64.3 cm³/mol. The molecular weight excluding hydrogens is 273 g/mol. The predicted octanol–water partition coefficient (Wildman–Crippen LogP) is 2.90. The average Bonchev–Trinajstić information content (AvgIpc) is 2.77. The highest BCUT2D eigenvalue weighted by atomic mass is 19.4. The maximum absolute atomic E-state index is 12.5. The van der Waals surface area contributed by atoms with Gasteiger partial charge in [0.1, 0.15) is 5.75 Å². The number of hydrogen-bond acceptors (Lipinski definition) is 3. The van der Waals surface area contributed by atoms with Gasteiger partial charge in [0.05, 0.1) is 6.42 Å². The molecule has 1 atom stereocenters. The van der Waals surface area contributed by atoms with E-state index < -0.39 is 18.2 Å². The third kappa shape index (κ3) is 2.02. The molecule has 0 bridgehead atoms. The number of hydrogen-bond donors (Lipinski definition) is 1. The number of fused-ring (bicyclic) bond motifs is 3. The van der Waals surface area contributed by atoms with Crippen LogP contribution in [0.1, 0.15) is 17.2 Å². The van der Waals surface area contributed by atoms with Gasteiger partial charge < -0.3 is 9.84 Å². The monoisotopic (exact) mass is 282 g/mol. The molecule has 0 fully saturated rings. The molecule has 1 heterocycles. The molecule has 0 aliphatic carbocycles. The standard InChI is InChI=1S/C14H9F3O3/c15-14(16,17)13(19)8-2-1-7-3-4-11-10(9(7)5-8)6-12(18)20-11/h1-5,13,19H,6H2. The van der Waals surface area contributed by atoms with Gasteiger partial charge in [-0.05, 0) is 28.5 Å². The van der Waals surface area contributed by atoms with Crippen LogP contribution in [0.15, 0.2) is 30.3 Å². The van der Waals surface area contributed by atoms with Gasteiger partial charge in [0.25, 0.3) is 0 Å². The van der Waals surface area contributed by atoms with Gasteiger partial charge in [0.2, 0.25) is 0 Å². The van der Waals surface area contributed by atoms with Crippen LogP contribution in [0.25, 0.3) is 10.8 Å². The van der Waals surface area contributed by atoms with Crippen LogP contribution in [0, 0.1) is 0 Å². The Kier molecular flexibility index (Phi) is 2.72. The Hall–Kier alpha value is -2.08. The van der Waals surface area contributed by atoms with E-state index in [4.69, 9.17) is 4.74 Å². The van der Waals surface area contributed by atoms with Crippen LogP contribution in [-0.2, 0) is 11.2 Å². The number of halogens is 3. The van der Waals surface area contributed by atoms with Gasteiger partial charge >= 0.3 is 12.1 Å². The van der Waals surface area contributed by atoms with Gasteiger partial charge in [0.15, 0.2) is 6.10 Å². The number of benzene rings is 2. The maximum Gasteiger partial charge on any atom is 0.418 e. The van der Waals surface area contributed by atoms with Gasteiger partial charge in [0, 0.05) is 5.56 Å². The number of rotatable bonds is 1. The molecule has 0 spiro atoms. The largest absolute Gasteiger partial charge is 0.426 e. The topological polar surface area (TPSA) is 46.5 Å². The van der Waals surface area contributed by atoms with E-state index in [9.17, 15) is 23.1 Å². The van der Waals surface area contributed by atoms with Gasteiger partial charge in [-0.3, -0.25) is 4.79 Å². The van der Waals surface area contributed by atoms with Crippen molar-refractivity contribution in [3.05, 3.63) is 41.5 Å². The average molecular weight is 282 g/mol. The summed E-state index contributed by atoms with van der Waals surface area (Å²) in [6.45, 7) is 0. The highest BCUT2D eigenvalue weighted by Crippen LogP contribution is 2.37. The number of ether oxygens (including phenoxy) is 1. The summed E-state index contributed by atoms with van der Waals surface area (Å²) in [5.41, 5.74) is 0.307. The summed E-state index contributed by atoms with van der Waals surface area (Å²) in [6.07, 6.45) is -7.24. The third-order valence-corrected chi connectivity index (χ3v) is 3.28. The Balaban J connectivity index is 2.16. The van der Waals surface area contributed by atoms with Gasteiger partial charge in [-0.15, -0.1) is 0 Å². The first kappa shape index (κ1) is 12.9. The van der Waals surface area contributed by atoms with Crippen molar-refractivity contribution in [3.8, 4) is 5.75 Å². The normalized spacial score (nSPS) is 16.1. The van der Waals surface area contributed by atoms with E-state index in [0.717, 1.165) is 0 Å². The zero-order valence-corrected chi connectivity index (χ0v) is 10.1. The molecule has 1 unspecified atom stereocenters. The van der Waals surface area contributed by atoms with Crippen molar-refractivity contribution in [1.29, 1.82) is 0 Å². The van der Waals surface area contributed by atoms with Crippen LogP contribution in [0.5, 0.6) is 5.75 Å². The van der Waals surface area contributed by atoms with Gasteiger partial charge in [-0.2, -0.15) is 13.2 Å². The third-order valence-electron chi connectivity index (χ3n) is 3.28. The van der Waals surface area contributed by atoms with E-state index in [-0.39, 0.29) is 12.0 Å². The van der Waals surface area contributed by atoms with Gasteiger partial charge in [-0.1, -0.05) is 18.2 Å². The minimum atomic E-state index is -4.72. The highest BCUT2D eigenvalue weighted by Gasteiger charge is 2.39. The van der Waals surface area contributed by atoms with Crippen LogP contribution in [0.3, 0.4) is 0 Å². The minimum absolute atomic E-state index is 0.0260. The van der Waals surface area contributed by atoms with Crippen LogP contribution in [0.2, 0.25) is 0 Å². The molecule has 3 rings (SSSR count). The fourth-order valence-electron chi connectivity index (χ4n) is 2.32. The molecule has 2 aromatic carbocycles. The molecule has 0 aromatic heterocycles. The first-order valence-electron chi connectivity index (χ1n) is 5.87. The van der Waals surface area contributed by atoms with Crippen molar-refractivity contribution < 1.29 is 27.8 Å². The van der Waals surface area contributed by atoms with E-state index in [2.05, 4.69) is 0 Å². The second kappa shape index (κ2) is 4.21. The quantitative estimate of drug-likeness (QED) is 0.646. The molecule has 1 aliphatic rings. The highest BCUT2D eigenvalue weighted by molar-refractivity contribution is 5.95. The Morgan fingerprint density at radius 1 is 1.20 bits per heavy atom. The lowest BCUT2D eigenvalue weighted by molar-refractivity contribution is -0.206. The summed E-state index contributed by atoms with van der Waals surface area (Å²) < 4.78 is 42.6. The molecular formula is C14H9F3O3. The number of aliphatic hydroxyl groups is 1. The lowest BCUT2D eigenvalue weighted by atomic mass is 9.98. The summed E-state index contributed by atoms with van der Waals surface area (Å²) >= 11 is 0. The Morgan fingerprint density at radius 3 is 2.60 bits per heavy atom. The maximum atomic E-state index is 12.5. The van der Waals surface area contributed by atoms with Crippen LogP contribution in [-0.4, -0.2) is 17.3 Å². The van der Waals surface area contributed by atoms with E-state index in [1.807, 2.05) is 0 Å². The van der Waals surface area contributed by atoms with Crippen molar-refractivity contribution in [2.45, 2.75) is 18.7 Å². The molecule has 3 nitrogen and oxygen atoms in total. The molecule has 0 radical (unpaired) electrons. The van der Waals surface area contributed by atoms with E-state index in [0.29, 0.717) is 22.1 Å². The molecule has 6 heteroatoms. The Morgan fingerprint density at radius 2 is 1.90 bits per heavy atom. The second-order valence-corrected chi connectivity index (χ2v) is 4.62. The number of aliphatic hydroxyl groups excluding tert-OH is 1. The molecule has 1 N–H and O–H groups in total. The van der Waals surface area contributed by atoms with Crippen molar-refractivity contribution in [2.75, 3.05) is 0 Å². The molecule has 104 valence electrons. The summed E-state index contributed by atoms with van der Waals surface area (Å²) in [5.74, 6) is -0.0737. The zero-order chi connectivity index (χ0) is 14.5. The van der Waals surface area contributed by atoms with Crippen LogP contribution in [0.4, 0.5) is 13.2 Å². The smallest absolute Gasteiger partial charge is 0.418 e. The summed E-state index contributed by atoms with van der Waals surface area (Å²) in [5, 5.41) is 10.5. The Bertz CT molecular complexity index is 707. The van der Waals surface area contributed by atoms with Crippen molar-refractivity contribution in [3.63, 3.8) is 0 Å². The first-order chi connectivity index (χ1) is 9.36. The summed E-state index contributed by atoms with van der Waals surface area (Å²) in [4.78, 5) is 11.3. The second-order valence-electron chi connectivity index (χ2n) is 4.62. The van der Waals surface area contributed by atoms with E-state index in [1.165, 1.54) is 18.2 Å². The van der Waals surface area contributed by atoms with Crippen LogP contribution >= 0.6 is 0 Å². The first-order valence-corrected chi connectivity index (χ1v) is 5.87. The minimum Gasteiger partial charge on any atom is -0.426 e. The molecule has 0 saturated heterocycles. The zero-order valence-electron chi connectivity index (χ0n) is 10.1. The molecule has 0 amide bonds. The van der Waals surface area contributed by atoms with Crippen molar-refractivity contribution in [2.24, 2.45) is 0 Å². The number of carbonyl (C=O) groups excluding carboxylic acids is 1. The molecule has 20 heavy (non-hydrogen) atoms. The molecule has 0 saturated carbocycles. The summed E-state index contributed by atoms with van der Waals surface area (Å²) in [7, 11) is 0. The van der Waals surface area contributed by atoms with E-state index >= 15 is 0 Å². The van der Waals surface area contributed by atoms with E-state index in [1.54, 1.807) is 12.1 Å². The summed E-state index contributed by atoms with van der Waals surface area (Å²) in [6, 6.07) is 7.25. The SMILES string of the molecule is O=C1Cc2c(ccc3ccc(C(O)C(F)(F)F)cc23)O1. The molecule has 2 aromatic rings. The molecule has 1 aliphatic heterocycles. The van der Waals surface area contributed by atoms with Crippen molar-refractivity contribution in [1.82, 2.24) is 0 Å². The van der Waals surface area contributed by atoms with Gasteiger partial charge in [-0.25, -0.2) is 0 Å². The lowest BCUT2D eigenvalue weighted by Crippen LogP contribution is -2.20. The lowest BCUT2D eigenvalue weighted by Gasteiger charge is -2.15. The fraction of sp³-hybridized carbons (Fsp3) is 0.214. The Labute approximate surface area is 111 Å². The number of esters is 1. The van der Waals surface area contributed by atoms with Crippen molar-refractivity contribution >= 4 is 16.7 Å².